The Morgan fingerprint density at radius 2 is 1.62 bits per heavy atom. The molecule has 0 aromatic carbocycles. The summed E-state index contributed by atoms with van der Waals surface area (Å²) in [5, 5.41) is 0. The lowest BCUT2D eigenvalue weighted by Gasteiger charge is -2.49. The van der Waals surface area contributed by atoms with Crippen LogP contribution >= 0.6 is 0 Å². The van der Waals surface area contributed by atoms with Crippen molar-refractivity contribution in [3.63, 3.8) is 0 Å². The van der Waals surface area contributed by atoms with Gasteiger partial charge in [0.2, 0.25) is 0 Å². The van der Waals surface area contributed by atoms with Gasteiger partial charge in [0.25, 0.3) is 0 Å². The first-order valence-corrected chi connectivity index (χ1v) is 6.03. The Bertz CT molecular complexity index is 278. The fraction of sp³-hybridized carbons (Fsp3) is 0.923. The minimum absolute atomic E-state index is 0.208. The number of hydrogen-bond donors (Lipinski definition) is 0. The van der Waals surface area contributed by atoms with E-state index in [1.54, 1.807) is 0 Å². The van der Waals surface area contributed by atoms with Crippen molar-refractivity contribution in [2.24, 2.45) is 10.8 Å². The zero-order chi connectivity index (χ0) is 12.0. The zero-order valence-electron chi connectivity index (χ0n) is 10.7. The van der Waals surface area contributed by atoms with Crippen LogP contribution in [0.25, 0.3) is 0 Å². The molecule has 1 heterocycles. The van der Waals surface area contributed by atoms with Gasteiger partial charge >= 0.3 is 0 Å². The molecule has 1 aliphatic carbocycles. The number of ether oxygens (including phenoxy) is 2. The van der Waals surface area contributed by atoms with E-state index in [4.69, 9.17) is 9.47 Å². The van der Waals surface area contributed by atoms with Gasteiger partial charge in [0.15, 0.2) is 12.1 Å². The van der Waals surface area contributed by atoms with Crippen molar-refractivity contribution in [1.29, 1.82) is 0 Å². The van der Waals surface area contributed by atoms with E-state index in [1.807, 2.05) is 0 Å². The van der Waals surface area contributed by atoms with Crippen LogP contribution in [0.15, 0.2) is 0 Å². The maximum atomic E-state index is 10.8. The quantitative estimate of drug-likeness (QED) is 0.644. The molecular weight excluding hydrogens is 204 g/mol. The normalized spacial score (nSPS) is 35.1. The van der Waals surface area contributed by atoms with Crippen molar-refractivity contribution < 1.29 is 14.3 Å². The molecule has 3 heteroatoms. The molecular formula is C13H22O3. The lowest BCUT2D eigenvalue weighted by Crippen LogP contribution is -2.47. The van der Waals surface area contributed by atoms with Gasteiger partial charge in [-0.2, -0.15) is 0 Å². The van der Waals surface area contributed by atoms with E-state index in [0.29, 0.717) is 6.61 Å². The molecule has 16 heavy (non-hydrogen) atoms. The lowest BCUT2D eigenvalue weighted by atomic mass is 9.63. The molecule has 1 spiro atoms. The first kappa shape index (κ1) is 12.1. The molecule has 2 aliphatic rings. The molecule has 0 aromatic heterocycles. The lowest BCUT2D eigenvalue weighted by molar-refractivity contribution is -0.227. The van der Waals surface area contributed by atoms with Gasteiger partial charge in [-0.1, -0.05) is 27.7 Å². The van der Waals surface area contributed by atoms with Crippen LogP contribution < -0.4 is 0 Å². The average Bonchev–Trinajstić information content (AvgIpc) is 2.41. The average molecular weight is 226 g/mol. The molecule has 0 N–H and O–H groups in total. The van der Waals surface area contributed by atoms with E-state index < -0.39 is 5.79 Å². The zero-order valence-corrected chi connectivity index (χ0v) is 10.7. The summed E-state index contributed by atoms with van der Waals surface area (Å²) >= 11 is 0. The van der Waals surface area contributed by atoms with Crippen molar-refractivity contribution in [2.45, 2.75) is 58.8 Å². The second kappa shape index (κ2) is 3.54. The molecule has 1 unspecified atom stereocenters. The van der Waals surface area contributed by atoms with Crippen molar-refractivity contribution in [3.8, 4) is 0 Å². The van der Waals surface area contributed by atoms with E-state index in [-0.39, 0.29) is 16.9 Å². The maximum Gasteiger partial charge on any atom is 0.170 e. The largest absolute Gasteiger partial charge is 0.347 e. The smallest absolute Gasteiger partial charge is 0.170 e. The first-order chi connectivity index (χ1) is 7.26. The van der Waals surface area contributed by atoms with Gasteiger partial charge in [0.05, 0.1) is 6.61 Å². The number of rotatable bonds is 1. The fourth-order valence-corrected chi connectivity index (χ4v) is 3.77. The van der Waals surface area contributed by atoms with Crippen molar-refractivity contribution >= 4 is 6.29 Å². The molecule has 0 radical (unpaired) electrons. The minimum Gasteiger partial charge on any atom is -0.347 e. The third kappa shape index (κ3) is 2.30. The number of hydrogen-bond acceptors (Lipinski definition) is 3. The highest BCUT2D eigenvalue weighted by Gasteiger charge is 2.52. The molecule has 1 saturated carbocycles. The van der Waals surface area contributed by atoms with E-state index >= 15 is 0 Å². The van der Waals surface area contributed by atoms with Crippen LogP contribution in [0.3, 0.4) is 0 Å². The second-order valence-corrected chi connectivity index (χ2v) is 6.87. The molecule has 1 aliphatic heterocycles. The monoisotopic (exact) mass is 226 g/mol. The summed E-state index contributed by atoms with van der Waals surface area (Å²) in [5.74, 6) is -0.517. The molecule has 0 bridgehead atoms. The molecule has 2 rings (SSSR count). The molecule has 0 amide bonds. The topological polar surface area (TPSA) is 35.5 Å². The van der Waals surface area contributed by atoms with E-state index in [9.17, 15) is 4.79 Å². The molecule has 1 saturated heterocycles. The van der Waals surface area contributed by atoms with Crippen LogP contribution in [0.1, 0.15) is 47.0 Å². The van der Waals surface area contributed by atoms with Gasteiger partial charge in [0.1, 0.15) is 6.10 Å². The van der Waals surface area contributed by atoms with Crippen LogP contribution in [-0.2, 0) is 14.3 Å². The van der Waals surface area contributed by atoms with Gasteiger partial charge < -0.3 is 14.3 Å². The van der Waals surface area contributed by atoms with E-state index in [2.05, 4.69) is 27.7 Å². The Morgan fingerprint density at radius 1 is 1.06 bits per heavy atom. The Labute approximate surface area is 97.5 Å². The van der Waals surface area contributed by atoms with E-state index in [0.717, 1.165) is 19.1 Å². The van der Waals surface area contributed by atoms with Crippen molar-refractivity contribution in [3.05, 3.63) is 0 Å². The number of carbonyl (C=O) groups excluding carboxylic acids is 1. The van der Waals surface area contributed by atoms with Crippen LogP contribution in [-0.4, -0.2) is 24.8 Å². The number of aldehydes is 1. The summed E-state index contributed by atoms with van der Waals surface area (Å²) in [6, 6.07) is 0. The Kier molecular flexibility index (Phi) is 2.67. The number of carbonyl (C=O) groups is 1. The standard InChI is InChI=1S/C13H22O3/c1-11(2)7-12(3,4)9-13(8-11)15-6-10(5-14)16-13/h5,10H,6-9H2,1-4H3. The third-order valence-electron chi connectivity index (χ3n) is 3.48. The molecule has 3 nitrogen and oxygen atoms in total. The maximum absolute atomic E-state index is 10.8. The Morgan fingerprint density at radius 3 is 2.06 bits per heavy atom. The van der Waals surface area contributed by atoms with Crippen LogP contribution in [0.5, 0.6) is 0 Å². The molecule has 0 aromatic rings. The van der Waals surface area contributed by atoms with Gasteiger partial charge in [-0.3, -0.25) is 0 Å². The second-order valence-electron chi connectivity index (χ2n) is 6.87. The highest BCUT2D eigenvalue weighted by atomic mass is 16.7. The van der Waals surface area contributed by atoms with Crippen LogP contribution in [0.4, 0.5) is 0 Å². The SMILES string of the molecule is CC1(C)CC(C)(C)CC2(C1)OCC(C=O)O2. The highest BCUT2D eigenvalue weighted by Crippen LogP contribution is 2.53. The third-order valence-corrected chi connectivity index (χ3v) is 3.48. The summed E-state index contributed by atoms with van der Waals surface area (Å²) in [4.78, 5) is 10.8. The summed E-state index contributed by atoms with van der Waals surface area (Å²) in [5.41, 5.74) is 0.416. The van der Waals surface area contributed by atoms with Crippen LogP contribution in [0, 0.1) is 10.8 Å². The first-order valence-electron chi connectivity index (χ1n) is 6.03. The Balaban J connectivity index is 2.19. The van der Waals surface area contributed by atoms with Crippen LogP contribution in [0.2, 0.25) is 0 Å². The van der Waals surface area contributed by atoms with Gasteiger partial charge in [-0.05, 0) is 17.3 Å². The van der Waals surface area contributed by atoms with Crippen molar-refractivity contribution in [2.75, 3.05) is 6.61 Å². The van der Waals surface area contributed by atoms with Crippen molar-refractivity contribution in [1.82, 2.24) is 0 Å². The highest BCUT2D eigenvalue weighted by molar-refractivity contribution is 5.56. The molecule has 92 valence electrons. The fourth-order valence-electron chi connectivity index (χ4n) is 3.77. The van der Waals surface area contributed by atoms with E-state index in [1.165, 1.54) is 6.42 Å². The summed E-state index contributed by atoms with van der Waals surface area (Å²) < 4.78 is 11.6. The predicted molar refractivity (Wildman–Crippen MR) is 61.0 cm³/mol. The van der Waals surface area contributed by atoms with Gasteiger partial charge in [-0.15, -0.1) is 0 Å². The molecule has 2 fully saturated rings. The van der Waals surface area contributed by atoms with Gasteiger partial charge in [0, 0.05) is 12.8 Å². The summed E-state index contributed by atoms with van der Waals surface area (Å²) in [7, 11) is 0. The Hall–Kier alpha value is -0.410. The predicted octanol–water partition coefficient (Wildman–Crippen LogP) is 2.53. The molecule has 1 atom stereocenters. The minimum atomic E-state index is -0.517. The summed E-state index contributed by atoms with van der Waals surface area (Å²) in [6.45, 7) is 9.40. The summed E-state index contributed by atoms with van der Waals surface area (Å²) in [6.07, 6.45) is 3.41. The van der Waals surface area contributed by atoms with Gasteiger partial charge in [-0.25, -0.2) is 0 Å².